The van der Waals surface area contributed by atoms with Gasteiger partial charge in [-0.3, -0.25) is 9.59 Å². The third-order valence-corrected chi connectivity index (χ3v) is 3.72. The molecule has 0 radical (unpaired) electrons. The molecule has 0 bridgehead atoms. The van der Waals surface area contributed by atoms with Gasteiger partial charge in [-0.05, 0) is 31.8 Å². The van der Waals surface area contributed by atoms with E-state index in [0.29, 0.717) is 6.42 Å². The summed E-state index contributed by atoms with van der Waals surface area (Å²) in [5, 5.41) is 14.5. The van der Waals surface area contributed by atoms with E-state index in [1.54, 1.807) is 26.8 Å². The Hall–Kier alpha value is -1.69. The van der Waals surface area contributed by atoms with E-state index in [9.17, 15) is 14.0 Å². The molecule has 0 saturated heterocycles. The summed E-state index contributed by atoms with van der Waals surface area (Å²) in [7, 11) is 0. The van der Waals surface area contributed by atoms with E-state index >= 15 is 0 Å². The van der Waals surface area contributed by atoms with E-state index in [4.69, 9.17) is 5.11 Å². The highest BCUT2D eigenvalue weighted by Gasteiger charge is 2.22. The fourth-order valence-electron chi connectivity index (χ4n) is 2.20. The first-order valence-corrected chi connectivity index (χ1v) is 7.89. The maximum Gasteiger partial charge on any atom is 0.254 e. The lowest BCUT2D eigenvalue weighted by molar-refractivity contribution is -0.124. The number of hydrogen-bond acceptors (Lipinski definition) is 3. The number of nitrogens with one attached hydrogen (secondary N) is 2. The molecule has 1 aliphatic carbocycles. The summed E-state index contributed by atoms with van der Waals surface area (Å²) >= 11 is 0. The summed E-state index contributed by atoms with van der Waals surface area (Å²) in [4.78, 5) is 23.9. The van der Waals surface area contributed by atoms with Crippen LogP contribution in [0.15, 0.2) is 23.0 Å². The number of carbonyl (C=O) groups is 2. The van der Waals surface area contributed by atoms with Gasteiger partial charge in [-0.25, -0.2) is 4.39 Å². The van der Waals surface area contributed by atoms with Gasteiger partial charge in [0.15, 0.2) is 0 Å². The van der Waals surface area contributed by atoms with Gasteiger partial charge in [-0.1, -0.05) is 19.4 Å². The zero-order valence-corrected chi connectivity index (χ0v) is 14.3. The Morgan fingerprint density at radius 3 is 2.65 bits per heavy atom. The van der Waals surface area contributed by atoms with Crippen molar-refractivity contribution in [2.75, 3.05) is 13.2 Å². The molecule has 0 aromatic heterocycles. The van der Waals surface area contributed by atoms with Crippen molar-refractivity contribution in [3.05, 3.63) is 23.0 Å². The van der Waals surface area contributed by atoms with Crippen molar-refractivity contribution in [2.24, 2.45) is 5.41 Å². The Morgan fingerprint density at radius 1 is 1.39 bits per heavy atom. The molecule has 0 unspecified atom stereocenters. The van der Waals surface area contributed by atoms with Gasteiger partial charge in [0.1, 0.15) is 5.83 Å². The zero-order chi connectivity index (χ0) is 17.6. The molecule has 0 aliphatic heterocycles. The molecule has 1 rings (SSSR count). The van der Waals surface area contributed by atoms with E-state index in [0.717, 1.165) is 5.57 Å². The van der Waals surface area contributed by atoms with Crippen LogP contribution in [-0.2, 0) is 9.59 Å². The lowest BCUT2D eigenvalue weighted by atomic mass is 9.90. The van der Waals surface area contributed by atoms with Crippen LogP contribution in [-0.4, -0.2) is 36.1 Å². The third kappa shape index (κ3) is 6.52. The predicted molar refractivity (Wildman–Crippen MR) is 87.2 cm³/mol. The minimum atomic E-state index is -0.477. The molecule has 0 spiro atoms. The molecule has 0 aromatic carbocycles. The van der Waals surface area contributed by atoms with Gasteiger partial charge < -0.3 is 15.7 Å². The molecule has 0 fully saturated rings. The fraction of sp³-hybridized carbons (Fsp3) is 0.647. The monoisotopic (exact) mass is 326 g/mol. The Labute approximate surface area is 137 Å². The van der Waals surface area contributed by atoms with Gasteiger partial charge in [-0.15, -0.1) is 0 Å². The highest BCUT2D eigenvalue weighted by molar-refractivity contribution is 5.97. The SMILES string of the molecule is CC1=CC(C(=O)N[C@@H](C)CNC(=O)CC(C)(C)CO)=C(F)CC1. The summed E-state index contributed by atoms with van der Waals surface area (Å²) in [6, 6.07) is -0.320. The average molecular weight is 326 g/mol. The lowest BCUT2D eigenvalue weighted by Crippen LogP contribution is -2.43. The fourth-order valence-corrected chi connectivity index (χ4v) is 2.20. The highest BCUT2D eigenvalue weighted by atomic mass is 19.1. The predicted octanol–water partition coefficient (Wildman–Crippen LogP) is 1.98. The Kier molecular flexibility index (Phi) is 6.94. The Balaban J connectivity index is 2.46. The van der Waals surface area contributed by atoms with Crippen LogP contribution in [0.3, 0.4) is 0 Å². The van der Waals surface area contributed by atoms with Gasteiger partial charge in [0.05, 0.1) is 5.57 Å². The molecule has 2 amide bonds. The van der Waals surface area contributed by atoms with Gasteiger partial charge in [-0.2, -0.15) is 0 Å². The van der Waals surface area contributed by atoms with Crippen molar-refractivity contribution >= 4 is 11.8 Å². The van der Waals surface area contributed by atoms with Crippen molar-refractivity contribution in [1.82, 2.24) is 10.6 Å². The molecule has 0 aromatic rings. The first kappa shape index (κ1) is 19.4. The number of amides is 2. The summed E-state index contributed by atoms with van der Waals surface area (Å²) in [5.41, 5.74) is 0.576. The van der Waals surface area contributed by atoms with Crippen LogP contribution in [0.2, 0.25) is 0 Å². The first-order valence-electron chi connectivity index (χ1n) is 7.89. The Bertz CT molecular complexity index is 524. The molecule has 130 valence electrons. The van der Waals surface area contributed by atoms with Crippen LogP contribution < -0.4 is 10.6 Å². The number of rotatable bonds is 7. The van der Waals surface area contributed by atoms with E-state index in [2.05, 4.69) is 10.6 Å². The zero-order valence-electron chi connectivity index (χ0n) is 14.3. The average Bonchev–Trinajstić information content (AvgIpc) is 2.47. The lowest BCUT2D eigenvalue weighted by Gasteiger charge is -2.22. The summed E-state index contributed by atoms with van der Waals surface area (Å²) in [6.07, 6.45) is 2.66. The van der Waals surface area contributed by atoms with Crippen LogP contribution in [0.1, 0.15) is 47.0 Å². The molecule has 0 heterocycles. The molecule has 23 heavy (non-hydrogen) atoms. The number of halogens is 1. The van der Waals surface area contributed by atoms with E-state index < -0.39 is 17.1 Å². The molecule has 3 N–H and O–H groups in total. The molecule has 5 nitrogen and oxygen atoms in total. The second kappa shape index (κ2) is 8.24. The summed E-state index contributed by atoms with van der Waals surface area (Å²) in [5.74, 6) is -1.04. The first-order chi connectivity index (χ1) is 10.6. The number of carbonyl (C=O) groups excluding carboxylic acids is 2. The molecule has 1 aliphatic rings. The maximum atomic E-state index is 13.7. The number of allylic oxidation sites excluding steroid dienone is 2. The van der Waals surface area contributed by atoms with E-state index in [1.807, 2.05) is 6.92 Å². The molecule has 0 saturated carbocycles. The van der Waals surface area contributed by atoms with Gasteiger partial charge in [0.2, 0.25) is 5.91 Å². The number of aliphatic hydroxyl groups excluding tert-OH is 1. The van der Waals surface area contributed by atoms with Gasteiger partial charge in [0, 0.05) is 32.0 Å². The van der Waals surface area contributed by atoms with E-state index in [-0.39, 0.29) is 43.5 Å². The minimum Gasteiger partial charge on any atom is -0.396 e. The quantitative estimate of drug-likeness (QED) is 0.669. The second-order valence-corrected chi connectivity index (χ2v) is 6.99. The van der Waals surface area contributed by atoms with Gasteiger partial charge in [0.25, 0.3) is 5.91 Å². The largest absolute Gasteiger partial charge is 0.396 e. The van der Waals surface area contributed by atoms with Crippen molar-refractivity contribution < 1.29 is 19.1 Å². The molecule has 6 heteroatoms. The minimum absolute atomic E-state index is 0.0772. The molecular formula is C17H27FN2O3. The molecule has 1 atom stereocenters. The smallest absolute Gasteiger partial charge is 0.254 e. The van der Waals surface area contributed by atoms with Gasteiger partial charge >= 0.3 is 0 Å². The van der Waals surface area contributed by atoms with Crippen LogP contribution in [0.5, 0.6) is 0 Å². The van der Waals surface area contributed by atoms with E-state index in [1.165, 1.54) is 0 Å². The summed E-state index contributed by atoms with van der Waals surface area (Å²) in [6.45, 7) is 7.38. The normalized spacial score (nSPS) is 16.7. The number of hydrogen-bond donors (Lipinski definition) is 3. The highest BCUT2D eigenvalue weighted by Crippen LogP contribution is 2.24. The van der Waals surface area contributed by atoms with Crippen LogP contribution in [0, 0.1) is 5.41 Å². The summed E-state index contributed by atoms with van der Waals surface area (Å²) < 4.78 is 13.7. The van der Waals surface area contributed by atoms with Crippen molar-refractivity contribution in [2.45, 2.75) is 53.0 Å². The topological polar surface area (TPSA) is 78.4 Å². The number of aliphatic hydroxyl groups is 1. The van der Waals surface area contributed by atoms with Crippen LogP contribution in [0.25, 0.3) is 0 Å². The maximum absolute atomic E-state index is 13.7. The van der Waals surface area contributed by atoms with Crippen LogP contribution >= 0.6 is 0 Å². The third-order valence-electron chi connectivity index (χ3n) is 3.72. The van der Waals surface area contributed by atoms with Crippen LogP contribution in [0.4, 0.5) is 4.39 Å². The van der Waals surface area contributed by atoms with Crippen molar-refractivity contribution in [3.8, 4) is 0 Å². The van der Waals surface area contributed by atoms with Crippen molar-refractivity contribution in [1.29, 1.82) is 0 Å². The van der Waals surface area contributed by atoms with Crippen molar-refractivity contribution in [3.63, 3.8) is 0 Å². The second-order valence-electron chi connectivity index (χ2n) is 6.99. The Morgan fingerprint density at radius 2 is 2.04 bits per heavy atom. The standard InChI is InChI=1S/C17H27FN2O3/c1-11-5-6-14(18)13(7-11)16(23)20-12(2)9-19-15(22)8-17(3,4)10-21/h7,12,21H,5-6,8-10H2,1-4H3,(H,19,22)(H,20,23)/t12-/m0/s1. The molecular weight excluding hydrogens is 299 g/mol.